The van der Waals surface area contributed by atoms with Crippen LogP contribution in [0.1, 0.15) is 32.4 Å². The quantitative estimate of drug-likeness (QED) is 0.910. The molecule has 4 heteroatoms. The molecule has 0 bridgehead atoms. The van der Waals surface area contributed by atoms with Gasteiger partial charge in [0.1, 0.15) is 5.75 Å². The number of rotatable bonds is 3. The number of nitrogens with zero attached hydrogens (tertiary/aromatic N) is 1. The Morgan fingerprint density at radius 1 is 1.42 bits per heavy atom. The van der Waals surface area contributed by atoms with Gasteiger partial charge in [0.25, 0.3) is 0 Å². The van der Waals surface area contributed by atoms with E-state index in [4.69, 9.17) is 15.2 Å². The molecule has 0 amide bonds. The van der Waals surface area contributed by atoms with E-state index < -0.39 is 0 Å². The molecule has 3 atom stereocenters. The average molecular weight is 264 g/mol. The second-order valence-electron chi connectivity index (χ2n) is 5.33. The number of hydrogen-bond acceptors (Lipinski definition) is 4. The summed E-state index contributed by atoms with van der Waals surface area (Å²) in [6, 6.07) is 6.40. The Hall–Kier alpha value is -1.26. The van der Waals surface area contributed by atoms with Crippen LogP contribution in [0.15, 0.2) is 18.2 Å². The molecular weight excluding hydrogens is 240 g/mol. The number of hydrogen-bond donors (Lipinski definition) is 1. The zero-order valence-corrected chi connectivity index (χ0v) is 12.2. The summed E-state index contributed by atoms with van der Waals surface area (Å²) >= 11 is 0. The van der Waals surface area contributed by atoms with E-state index >= 15 is 0 Å². The Kier molecular flexibility index (Phi) is 4.32. The topological polar surface area (TPSA) is 47.7 Å². The number of nitrogens with two attached hydrogens (primary N) is 1. The molecule has 2 unspecified atom stereocenters. The van der Waals surface area contributed by atoms with E-state index in [9.17, 15) is 0 Å². The molecular formula is C15H24N2O2. The molecule has 1 fully saturated rings. The van der Waals surface area contributed by atoms with Crippen LogP contribution in [0, 0.1) is 0 Å². The van der Waals surface area contributed by atoms with Crippen LogP contribution in [-0.4, -0.2) is 32.4 Å². The van der Waals surface area contributed by atoms with Gasteiger partial charge in [-0.3, -0.25) is 0 Å². The highest BCUT2D eigenvalue weighted by atomic mass is 16.5. The van der Waals surface area contributed by atoms with E-state index in [1.165, 1.54) is 0 Å². The van der Waals surface area contributed by atoms with Crippen molar-refractivity contribution in [1.29, 1.82) is 0 Å². The molecule has 0 saturated carbocycles. The molecule has 1 saturated heterocycles. The van der Waals surface area contributed by atoms with Crippen molar-refractivity contribution in [3.63, 3.8) is 0 Å². The maximum Gasteiger partial charge on any atom is 0.125 e. The van der Waals surface area contributed by atoms with E-state index in [-0.39, 0.29) is 12.1 Å². The van der Waals surface area contributed by atoms with Crippen molar-refractivity contribution in [1.82, 2.24) is 0 Å². The third-order valence-corrected chi connectivity index (χ3v) is 3.64. The number of anilines is 1. The molecule has 0 aliphatic carbocycles. The molecule has 0 radical (unpaired) electrons. The average Bonchev–Trinajstić information content (AvgIpc) is 2.40. The third kappa shape index (κ3) is 2.85. The molecule has 106 valence electrons. The first-order valence-corrected chi connectivity index (χ1v) is 6.85. The number of benzene rings is 1. The van der Waals surface area contributed by atoms with Gasteiger partial charge in [0, 0.05) is 29.9 Å². The fourth-order valence-corrected chi connectivity index (χ4v) is 2.66. The van der Waals surface area contributed by atoms with Gasteiger partial charge in [-0.05, 0) is 32.9 Å². The second-order valence-corrected chi connectivity index (χ2v) is 5.33. The van der Waals surface area contributed by atoms with Crippen LogP contribution in [0.2, 0.25) is 0 Å². The molecule has 0 aromatic heterocycles. The minimum atomic E-state index is -0.0588. The van der Waals surface area contributed by atoms with Gasteiger partial charge in [-0.1, -0.05) is 6.07 Å². The molecule has 0 spiro atoms. The first-order chi connectivity index (χ1) is 9.04. The van der Waals surface area contributed by atoms with E-state index in [0.29, 0.717) is 6.04 Å². The minimum Gasteiger partial charge on any atom is -0.496 e. The zero-order chi connectivity index (χ0) is 14.0. The molecule has 2 rings (SSSR count). The monoisotopic (exact) mass is 264 g/mol. The van der Waals surface area contributed by atoms with Crippen molar-refractivity contribution in [3.8, 4) is 5.75 Å². The van der Waals surface area contributed by atoms with E-state index in [1.807, 2.05) is 19.1 Å². The van der Waals surface area contributed by atoms with Crippen LogP contribution < -0.4 is 15.4 Å². The van der Waals surface area contributed by atoms with Crippen LogP contribution >= 0.6 is 0 Å². The van der Waals surface area contributed by atoms with Crippen molar-refractivity contribution in [2.24, 2.45) is 5.73 Å². The lowest BCUT2D eigenvalue weighted by molar-refractivity contribution is 0.0343. The van der Waals surface area contributed by atoms with Crippen molar-refractivity contribution in [2.45, 2.75) is 39.0 Å². The van der Waals surface area contributed by atoms with Crippen LogP contribution in [0.5, 0.6) is 5.75 Å². The highest BCUT2D eigenvalue weighted by Crippen LogP contribution is 2.35. The predicted octanol–water partition coefficient (Wildman–Crippen LogP) is 2.33. The van der Waals surface area contributed by atoms with Crippen LogP contribution in [-0.2, 0) is 4.74 Å². The summed E-state index contributed by atoms with van der Waals surface area (Å²) in [7, 11) is 1.69. The van der Waals surface area contributed by atoms with E-state index in [0.717, 1.165) is 30.2 Å². The summed E-state index contributed by atoms with van der Waals surface area (Å²) in [6.07, 6.45) is 0.239. The van der Waals surface area contributed by atoms with Crippen molar-refractivity contribution in [2.75, 3.05) is 25.2 Å². The summed E-state index contributed by atoms with van der Waals surface area (Å²) in [4.78, 5) is 2.37. The molecule has 1 aliphatic heterocycles. The Labute approximate surface area is 115 Å². The Bertz CT molecular complexity index is 434. The standard InChI is InChI=1S/C15H24N2O2/c1-10-9-19-11(2)8-17(10)13-6-5-7-14(18-4)15(13)12(3)16/h5-7,10-12H,8-9,16H2,1-4H3/t10?,11?,12-/m0/s1. The second kappa shape index (κ2) is 5.80. The first-order valence-electron chi connectivity index (χ1n) is 6.85. The summed E-state index contributed by atoms with van der Waals surface area (Å²) in [5.74, 6) is 0.860. The molecule has 1 aromatic rings. The maximum absolute atomic E-state index is 6.14. The third-order valence-electron chi connectivity index (χ3n) is 3.64. The van der Waals surface area contributed by atoms with Gasteiger partial charge in [-0.15, -0.1) is 0 Å². The summed E-state index contributed by atoms with van der Waals surface area (Å²) in [6.45, 7) is 7.90. The normalized spacial score (nSPS) is 25.2. The Morgan fingerprint density at radius 3 is 2.79 bits per heavy atom. The van der Waals surface area contributed by atoms with Gasteiger partial charge >= 0.3 is 0 Å². The van der Waals surface area contributed by atoms with Crippen LogP contribution in [0.3, 0.4) is 0 Å². The molecule has 1 heterocycles. The largest absolute Gasteiger partial charge is 0.496 e. The number of ether oxygens (including phenoxy) is 2. The number of methoxy groups -OCH3 is 1. The lowest BCUT2D eigenvalue weighted by Gasteiger charge is -2.40. The molecule has 1 aliphatic rings. The van der Waals surface area contributed by atoms with Gasteiger partial charge in [0.05, 0.1) is 19.8 Å². The summed E-state index contributed by atoms with van der Waals surface area (Å²) in [5, 5.41) is 0. The molecule has 2 N–H and O–H groups in total. The number of morpholine rings is 1. The zero-order valence-electron chi connectivity index (χ0n) is 12.2. The summed E-state index contributed by atoms with van der Waals surface area (Å²) in [5.41, 5.74) is 8.38. The van der Waals surface area contributed by atoms with Crippen LogP contribution in [0.4, 0.5) is 5.69 Å². The lowest BCUT2D eigenvalue weighted by atomic mass is 10.0. The minimum absolute atomic E-state index is 0.0588. The Morgan fingerprint density at radius 2 is 2.16 bits per heavy atom. The highest BCUT2D eigenvalue weighted by Gasteiger charge is 2.27. The van der Waals surface area contributed by atoms with Gasteiger partial charge in [0.15, 0.2) is 0 Å². The van der Waals surface area contributed by atoms with Gasteiger partial charge in [-0.2, -0.15) is 0 Å². The van der Waals surface area contributed by atoms with Gasteiger partial charge in [-0.25, -0.2) is 0 Å². The molecule has 4 nitrogen and oxygen atoms in total. The lowest BCUT2D eigenvalue weighted by Crippen LogP contribution is -2.48. The van der Waals surface area contributed by atoms with Gasteiger partial charge < -0.3 is 20.1 Å². The van der Waals surface area contributed by atoms with Crippen molar-refractivity contribution < 1.29 is 9.47 Å². The molecule has 1 aromatic carbocycles. The molecule has 19 heavy (non-hydrogen) atoms. The smallest absolute Gasteiger partial charge is 0.125 e. The predicted molar refractivity (Wildman–Crippen MR) is 77.8 cm³/mol. The summed E-state index contributed by atoms with van der Waals surface area (Å²) < 4.78 is 11.2. The van der Waals surface area contributed by atoms with Gasteiger partial charge in [0.2, 0.25) is 0 Å². The van der Waals surface area contributed by atoms with Crippen LogP contribution in [0.25, 0.3) is 0 Å². The van der Waals surface area contributed by atoms with Crippen molar-refractivity contribution >= 4 is 5.69 Å². The fraction of sp³-hybridized carbons (Fsp3) is 0.600. The van der Waals surface area contributed by atoms with Crippen molar-refractivity contribution in [3.05, 3.63) is 23.8 Å². The fourth-order valence-electron chi connectivity index (χ4n) is 2.66. The first kappa shape index (κ1) is 14.2. The van der Waals surface area contributed by atoms with E-state index in [2.05, 4.69) is 24.8 Å². The maximum atomic E-state index is 6.14. The SMILES string of the molecule is COc1cccc(N2CC(C)OCC2C)c1[C@H](C)N. The van der Waals surface area contributed by atoms with E-state index in [1.54, 1.807) is 7.11 Å². The highest BCUT2D eigenvalue weighted by molar-refractivity contribution is 5.61. The Balaban J connectivity index is 2.43.